The minimum atomic E-state index is -0.684. The Morgan fingerprint density at radius 3 is 2.60 bits per heavy atom. The molecular formula is C17H21FN4O3. The van der Waals surface area contributed by atoms with Gasteiger partial charge < -0.3 is 15.2 Å². The molecule has 0 aliphatic rings. The molecule has 0 saturated carbocycles. The van der Waals surface area contributed by atoms with Gasteiger partial charge in [-0.05, 0) is 6.92 Å². The molecule has 2 aromatic rings. The van der Waals surface area contributed by atoms with E-state index in [2.05, 4.69) is 9.97 Å². The summed E-state index contributed by atoms with van der Waals surface area (Å²) in [5.74, 6) is -1.52. The van der Waals surface area contributed by atoms with Gasteiger partial charge in [0.1, 0.15) is 24.7 Å². The molecule has 1 aromatic heterocycles. The summed E-state index contributed by atoms with van der Waals surface area (Å²) in [6.07, 6.45) is 2.60. The van der Waals surface area contributed by atoms with E-state index in [9.17, 15) is 9.18 Å². The summed E-state index contributed by atoms with van der Waals surface area (Å²) in [6, 6.07) is 4.95. The topological polar surface area (TPSA) is 111 Å². The number of hydrogen-bond donors (Lipinski definition) is 2. The highest BCUT2D eigenvalue weighted by molar-refractivity contribution is 5.94. The molecule has 25 heavy (non-hydrogen) atoms. The van der Waals surface area contributed by atoms with Crippen LogP contribution in [0.25, 0.3) is 11.1 Å². The number of nitrogens with zero attached hydrogens (tertiary/aromatic N) is 2. The van der Waals surface area contributed by atoms with Gasteiger partial charge in [0.25, 0.3) is 0 Å². The molecular weight excluding hydrogens is 327 g/mol. The summed E-state index contributed by atoms with van der Waals surface area (Å²) >= 11 is 0. The highest BCUT2D eigenvalue weighted by Gasteiger charge is 2.13. The van der Waals surface area contributed by atoms with E-state index in [0.29, 0.717) is 12.2 Å². The zero-order chi connectivity index (χ0) is 17.5. The van der Waals surface area contributed by atoms with Crippen LogP contribution in [-0.4, -0.2) is 28.4 Å². The third-order valence-corrected chi connectivity index (χ3v) is 3.01. The third-order valence-electron chi connectivity index (χ3n) is 3.01. The molecule has 8 heteroatoms. The van der Waals surface area contributed by atoms with Crippen LogP contribution >= 0.6 is 0 Å². The smallest absolute Gasteiger partial charge is 0.316 e. The van der Waals surface area contributed by atoms with E-state index < -0.39 is 11.8 Å². The van der Waals surface area contributed by atoms with Gasteiger partial charge in [0.15, 0.2) is 0 Å². The number of benzene rings is 1. The van der Waals surface area contributed by atoms with Crippen LogP contribution in [0.3, 0.4) is 0 Å². The highest BCUT2D eigenvalue weighted by Crippen LogP contribution is 2.25. The molecule has 0 unspecified atom stereocenters. The largest absolute Gasteiger partial charge is 0.464 e. The van der Waals surface area contributed by atoms with Crippen molar-refractivity contribution in [3.05, 3.63) is 42.0 Å². The molecule has 0 aliphatic carbocycles. The minimum Gasteiger partial charge on any atom is -0.464 e. The van der Waals surface area contributed by atoms with E-state index in [4.69, 9.17) is 20.6 Å². The first-order chi connectivity index (χ1) is 11.5. The van der Waals surface area contributed by atoms with Crippen molar-refractivity contribution in [2.24, 2.45) is 5.73 Å². The third kappa shape index (κ3) is 5.52. The van der Waals surface area contributed by atoms with Gasteiger partial charge in [-0.25, -0.2) is 14.4 Å². The molecule has 0 atom stereocenters. The van der Waals surface area contributed by atoms with E-state index in [-0.39, 0.29) is 43.4 Å². The van der Waals surface area contributed by atoms with Crippen LogP contribution in [0.5, 0.6) is 6.01 Å². The van der Waals surface area contributed by atoms with E-state index in [1.165, 1.54) is 18.5 Å². The maximum absolute atomic E-state index is 14.6. The van der Waals surface area contributed by atoms with Crippen molar-refractivity contribution in [2.75, 3.05) is 6.61 Å². The van der Waals surface area contributed by atoms with Crippen LogP contribution in [0.15, 0.2) is 30.6 Å². The Bertz CT molecular complexity index is 735. The molecule has 0 aliphatic heterocycles. The molecule has 1 heterocycles. The minimum absolute atomic E-state index is 0. The number of carbonyl (C=O) groups is 1. The van der Waals surface area contributed by atoms with Crippen LogP contribution in [-0.2, 0) is 16.1 Å². The van der Waals surface area contributed by atoms with Crippen molar-refractivity contribution in [3.8, 4) is 17.1 Å². The number of rotatable bonds is 7. The van der Waals surface area contributed by atoms with Crippen molar-refractivity contribution < 1.29 is 18.7 Å². The molecule has 0 spiro atoms. The zero-order valence-corrected chi connectivity index (χ0v) is 13.1. The lowest BCUT2D eigenvalue weighted by atomic mass is 10.1. The summed E-state index contributed by atoms with van der Waals surface area (Å²) in [6.45, 7) is 2.01. The van der Waals surface area contributed by atoms with E-state index in [0.717, 1.165) is 0 Å². The van der Waals surface area contributed by atoms with Gasteiger partial charge in [-0.1, -0.05) is 25.6 Å². The fourth-order valence-electron chi connectivity index (χ4n) is 1.94. The molecule has 0 fully saturated rings. The number of ether oxygens (including phenoxy) is 2. The zero-order valence-electron chi connectivity index (χ0n) is 13.1. The number of aromatic nitrogens is 2. The van der Waals surface area contributed by atoms with Gasteiger partial charge in [0, 0.05) is 29.1 Å². The number of nitrogens with two attached hydrogens (primary N) is 1. The van der Waals surface area contributed by atoms with Crippen LogP contribution in [0.1, 0.15) is 26.3 Å². The van der Waals surface area contributed by atoms with Gasteiger partial charge in [0.2, 0.25) is 0 Å². The fourth-order valence-corrected chi connectivity index (χ4v) is 1.94. The average molecular weight is 348 g/mol. The molecule has 0 bridgehead atoms. The Morgan fingerprint density at radius 2 is 2.00 bits per heavy atom. The molecule has 3 N–H and O–H groups in total. The Labute approximate surface area is 145 Å². The molecule has 0 amide bonds. The molecule has 0 saturated heterocycles. The summed E-state index contributed by atoms with van der Waals surface area (Å²) in [5.41, 5.74) is 6.09. The van der Waals surface area contributed by atoms with Crippen molar-refractivity contribution in [2.45, 2.75) is 27.4 Å². The summed E-state index contributed by atoms with van der Waals surface area (Å²) in [4.78, 5) is 19.4. The monoisotopic (exact) mass is 348 g/mol. The van der Waals surface area contributed by atoms with Crippen LogP contribution < -0.4 is 10.5 Å². The van der Waals surface area contributed by atoms with Crippen molar-refractivity contribution in [1.82, 2.24) is 9.97 Å². The maximum Gasteiger partial charge on any atom is 0.316 e. The Kier molecular flexibility index (Phi) is 7.45. The number of esters is 1. The number of halogens is 1. The highest BCUT2D eigenvalue weighted by atomic mass is 19.1. The molecule has 7 nitrogen and oxygen atoms in total. The standard InChI is InChI=1S/C16H17FN4O3.CH4/c1-2-23-16-20-7-11(8-21-16)12-5-3-4-10(15(12)17)9-24-14(22)6-13(18)19;/h3-5,7-8H,2,6,9H2,1H3,(H3,18,19);1H4. The van der Waals surface area contributed by atoms with Crippen molar-refractivity contribution >= 4 is 11.8 Å². The lowest BCUT2D eigenvalue weighted by molar-refractivity contribution is -0.143. The quantitative estimate of drug-likeness (QED) is 0.452. The Balaban J connectivity index is 0.00000312. The van der Waals surface area contributed by atoms with Gasteiger partial charge in [-0.3, -0.25) is 10.2 Å². The molecule has 134 valence electrons. The van der Waals surface area contributed by atoms with E-state index in [1.807, 2.05) is 6.92 Å². The van der Waals surface area contributed by atoms with Crippen LogP contribution in [0, 0.1) is 11.2 Å². The normalized spacial score (nSPS) is 9.84. The maximum atomic E-state index is 14.6. The molecule has 0 radical (unpaired) electrons. The fraction of sp³-hybridized carbons (Fsp3) is 0.294. The Morgan fingerprint density at radius 1 is 1.32 bits per heavy atom. The SMILES string of the molecule is C.CCOc1ncc(-c2cccc(COC(=O)CC(=N)N)c2F)cn1. The molecule has 1 aromatic carbocycles. The van der Waals surface area contributed by atoms with Gasteiger partial charge in [-0.15, -0.1) is 0 Å². The number of amidine groups is 1. The predicted octanol–water partition coefficient (Wildman–Crippen LogP) is 2.69. The lowest BCUT2D eigenvalue weighted by Crippen LogP contribution is -2.17. The van der Waals surface area contributed by atoms with Gasteiger partial charge in [0.05, 0.1) is 6.61 Å². The van der Waals surface area contributed by atoms with Crippen LogP contribution in [0.4, 0.5) is 4.39 Å². The predicted molar refractivity (Wildman–Crippen MR) is 91.7 cm³/mol. The lowest BCUT2D eigenvalue weighted by Gasteiger charge is -2.09. The first-order valence-corrected chi connectivity index (χ1v) is 7.22. The summed E-state index contributed by atoms with van der Waals surface area (Å²) in [7, 11) is 0. The van der Waals surface area contributed by atoms with E-state index >= 15 is 0 Å². The average Bonchev–Trinajstić information content (AvgIpc) is 2.54. The summed E-state index contributed by atoms with van der Waals surface area (Å²) < 4.78 is 24.6. The molecule has 2 rings (SSSR count). The van der Waals surface area contributed by atoms with Gasteiger partial charge >= 0.3 is 12.0 Å². The van der Waals surface area contributed by atoms with Crippen LogP contribution in [0.2, 0.25) is 0 Å². The van der Waals surface area contributed by atoms with Crippen molar-refractivity contribution in [1.29, 1.82) is 5.41 Å². The Hall–Kier alpha value is -3.03. The number of hydrogen-bond acceptors (Lipinski definition) is 6. The van der Waals surface area contributed by atoms with E-state index in [1.54, 1.807) is 12.1 Å². The van der Waals surface area contributed by atoms with Crippen molar-refractivity contribution in [3.63, 3.8) is 0 Å². The second-order valence-corrected chi connectivity index (χ2v) is 4.83. The second-order valence-electron chi connectivity index (χ2n) is 4.83. The van der Waals surface area contributed by atoms with Gasteiger partial charge in [-0.2, -0.15) is 0 Å². The second kappa shape index (κ2) is 9.31. The first kappa shape index (κ1) is 20.0. The first-order valence-electron chi connectivity index (χ1n) is 7.22. The number of nitrogens with one attached hydrogen (secondary N) is 1. The summed E-state index contributed by atoms with van der Waals surface area (Å²) in [5, 5.41) is 7.02. The number of carbonyl (C=O) groups excluding carboxylic acids is 1.